The van der Waals surface area contributed by atoms with Crippen molar-refractivity contribution in [3.63, 3.8) is 0 Å². The van der Waals surface area contributed by atoms with Crippen molar-refractivity contribution in [2.75, 3.05) is 0 Å². The van der Waals surface area contributed by atoms with E-state index in [2.05, 4.69) is 11.4 Å². The molecule has 2 amide bonds. The van der Waals surface area contributed by atoms with Gasteiger partial charge in [0.2, 0.25) is 5.91 Å². The normalized spacial score (nSPS) is 15.2. The van der Waals surface area contributed by atoms with Gasteiger partial charge in [-0.2, -0.15) is 0 Å². The van der Waals surface area contributed by atoms with Gasteiger partial charge in [0, 0.05) is 0 Å². The van der Waals surface area contributed by atoms with Gasteiger partial charge in [-0.1, -0.05) is 24.3 Å². The number of carbonyl (C=O) groups is 2. The van der Waals surface area contributed by atoms with Crippen LogP contribution in [0.5, 0.6) is 0 Å². The maximum absolute atomic E-state index is 12.6. The molecule has 0 aliphatic heterocycles. The number of amides is 2. The molecule has 1 aliphatic carbocycles. The second kappa shape index (κ2) is 6.28. The number of hydrogen-bond donors (Lipinski definition) is 2. The number of primary amides is 1. The largest absolute Gasteiger partial charge is 0.468 e. The highest BCUT2D eigenvalue weighted by molar-refractivity contribution is 5.96. The van der Waals surface area contributed by atoms with Gasteiger partial charge in [-0.3, -0.25) is 9.59 Å². The molecule has 0 radical (unpaired) electrons. The van der Waals surface area contributed by atoms with Crippen molar-refractivity contribution in [3.8, 4) is 0 Å². The molecule has 5 heteroatoms. The molecule has 0 spiro atoms. The highest BCUT2D eigenvalue weighted by Crippen LogP contribution is 2.42. The molecule has 120 valence electrons. The van der Waals surface area contributed by atoms with Gasteiger partial charge >= 0.3 is 0 Å². The van der Waals surface area contributed by atoms with Gasteiger partial charge in [-0.25, -0.2) is 0 Å². The molecule has 1 aliphatic rings. The summed E-state index contributed by atoms with van der Waals surface area (Å²) >= 11 is 0. The quantitative estimate of drug-likeness (QED) is 0.859. The van der Waals surface area contributed by atoms with Gasteiger partial charge in [0.1, 0.15) is 5.76 Å². The van der Waals surface area contributed by atoms with Crippen molar-refractivity contribution in [2.24, 2.45) is 11.7 Å². The van der Waals surface area contributed by atoms with E-state index in [0.29, 0.717) is 17.2 Å². The van der Waals surface area contributed by atoms with E-state index in [1.54, 1.807) is 6.07 Å². The number of nitrogens with one attached hydrogen (secondary N) is 1. The van der Waals surface area contributed by atoms with Crippen LogP contribution in [0.25, 0.3) is 0 Å². The van der Waals surface area contributed by atoms with Gasteiger partial charge < -0.3 is 15.5 Å². The van der Waals surface area contributed by atoms with Gasteiger partial charge in [0.05, 0.1) is 24.3 Å². The fourth-order valence-electron chi connectivity index (χ4n) is 2.87. The molecule has 1 atom stereocenters. The molecule has 1 fully saturated rings. The van der Waals surface area contributed by atoms with E-state index < -0.39 is 5.91 Å². The molecule has 5 nitrogen and oxygen atoms in total. The third kappa shape index (κ3) is 3.44. The van der Waals surface area contributed by atoms with Gasteiger partial charge in [-0.05, 0) is 42.9 Å². The van der Waals surface area contributed by atoms with Crippen molar-refractivity contribution in [1.29, 1.82) is 0 Å². The summed E-state index contributed by atoms with van der Waals surface area (Å²) in [6.07, 6.45) is 3.55. The highest BCUT2D eigenvalue weighted by Gasteiger charge is 2.34. The lowest BCUT2D eigenvalue weighted by Gasteiger charge is -2.20. The number of aryl methyl sites for hydroxylation is 1. The molecule has 0 saturated heterocycles. The van der Waals surface area contributed by atoms with Crippen LogP contribution in [0.4, 0.5) is 0 Å². The first-order chi connectivity index (χ1) is 11.1. The molecule has 23 heavy (non-hydrogen) atoms. The third-order valence-electron chi connectivity index (χ3n) is 4.23. The monoisotopic (exact) mass is 312 g/mol. The number of carbonyl (C=O) groups excluding carboxylic acids is 2. The average molecular weight is 312 g/mol. The fourth-order valence-corrected chi connectivity index (χ4v) is 2.87. The molecular weight excluding hydrogens is 292 g/mol. The Labute approximate surface area is 134 Å². The number of benzene rings is 1. The number of furan rings is 1. The summed E-state index contributed by atoms with van der Waals surface area (Å²) in [7, 11) is 0. The van der Waals surface area contributed by atoms with Crippen LogP contribution in [0.1, 0.15) is 46.1 Å². The van der Waals surface area contributed by atoms with Gasteiger partial charge in [0.25, 0.3) is 5.91 Å². The summed E-state index contributed by atoms with van der Waals surface area (Å²) in [5.74, 6) is 0.0303. The minimum Gasteiger partial charge on any atom is -0.468 e. The lowest BCUT2D eigenvalue weighted by atomic mass is 9.97. The van der Waals surface area contributed by atoms with E-state index in [1.165, 1.54) is 6.26 Å². The number of rotatable bonds is 6. The maximum atomic E-state index is 12.6. The summed E-state index contributed by atoms with van der Waals surface area (Å²) in [4.78, 5) is 23.7. The Morgan fingerprint density at radius 2 is 2.04 bits per heavy atom. The summed E-state index contributed by atoms with van der Waals surface area (Å²) in [5.41, 5.74) is 7.87. The summed E-state index contributed by atoms with van der Waals surface area (Å²) in [5, 5.41) is 3.10. The van der Waals surface area contributed by atoms with Crippen LogP contribution in [-0.4, -0.2) is 11.8 Å². The second-order valence-electron chi connectivity index (χ2n) is 6.05. The lowest BCUT2D eigenvalue weighted by molar-refractivity contribution is -0.117. The molecule has 3 rings (SSSR count). The number of nitrogens with two attached hydrogens (primary N) is 1. The standard InChI is InChI=1S/C18H20N2O3/c1-11-4-2-3-5-13(11)17(12-6-7-12)20-18(22)14-8-9-23-15(14)10-16(19)21/h2-5,8-9,12,17H,6-7,10H2,1H3,(H2,19,21)(H,20,22)/t17-/m1/s1. The van der Waals surface area contributed by atoms with E-state index in [9.17, 15) is 9.59 Å². The zero-order valence-electron chi connectivity index (χ0n) is 13.0. The average Bonchev–Trinajstić information content (AvgIpc) is 3.25. The van der Waals surface area contributed by atoms with Crippen molar-refractivity contribution < 1.29 is 14.0 Å². The van der Waals surface area contributed by atoms with Gasteiger partial charge in [0.15, 0.2) is 0 Å². The first-order valence-corrected chi connectivity index (χ1v) is 7.77. The van der Waals surface area contributed by atoms with Crippen LogP contribution < -0.4 is 11.1 Å². The Kier molecular flexibility index (Phi) is 4.19. The third-order valence-corrected chi connectivity index (χ3v) is 4.23. The Balaban J connectivity index is 1.81. The zero-order valence-corrected chi connectivity index (χ0v) is 13.0. The second-order valence-corrected chi connectivity index (χ2v) is 6.05. The molecule has 2 aromatic rings. The van der Waals surface area contributed by atoms with E-state index in [1.807, 2.05) is 25.1 Å². The van der Waals surface area contributed by atoms with Crippen molar-refractivity contribution in [2.45, 2.75) is 32.2 Å². The predicted molar refractivity (Wildman–Crippen MR) is 85.7 cm³/mol. The minimum absolute atomic E-state index is 0.0139. The van der Waals surface area contributed by atoms with Crippen LogP contribution in [0, 0.1) is 12.8 Å². The Morgan fingerprint density at radius 3 is 2.70 bits per heavy atom. The molecule has 3 N–H and O–H groups in total. The topological polar surface area (TPSA) is 85.3 Å². The van der Waals surface area contributed by atoms with Crippen molar-refractivity contribution >= 4 is 11.8 Å². The lowest BCUT2D eigenvalue weighted by Crippen LogP contribution is -2.31. The molecular formula is C18H20N2O3. The summed E-state index contributed by atoms with van der Waals surface area (Å²) in [6, 6.07) is 9.65. The van der Waals surface area contributed by atoms with E-state index in [0.717, 1.165) is 24.0 Å². The highest BCUT2D eigenvalue weighted by atomic mass is 16.3. The first kappa shape index (κ1) is 15.3. The number of hydrogen-bond acceptors (Lipinski definition) is 3. The summed E-state index contributed by atoms with van der Waals surface area (Å²) < 4.78 is 5.22. The maximum Gasteiger partial charge on any atom is 0.255 e. The first-order valence-electron chi connectivity index (χ1n) is 7.77. The molecule has 1 aromatic heterocycles. The van der Waals surface area contributed by atoms with Crippen LogP contribution in [0.2, 0.25) is 0 Å². The van der Waals surface area contributed by atoms with Gasteiger partial charge in [-0.15, -0.1) is 0 Å². The molecule has 0 bridgehead atoms. The van der Waals surface area contributed by atoms with Crippen molar-refractivity contribution in [1.82, 2.24) is 5.32 Å². The predicted octanol–water partition coefficient (Wildman–Crippen LogP) is 2.50. The molecule has 1 saturated carbocycles. The van der Waals surface area contributed by atoms with Crippen LogP contribution in [0.3, 0.4) is 0 Å². The minimum atomic E-state index is -0.522. The Hall–Kier alpha value is -2.56. The fraction of sp³-hybridized carbons (Fsp3) is 0.333. The van der Waals surface area contributed by atoms with E-state index >= 15 is 0 Å². The SMILES string of the molecule is Cc1ccccc1[C@H](NC(=O)c1ccoc1CC(N)=O)C1CC1. The Morgan fingerprint density at radius 1 is 1.30 bits per heavy atom. The van der Waals surface area contributed by atoms with Crippen molar-refractivity contribution in [3.05, 3.63) is 59.0 Å². The van der Waals surface area contributed by atoms with E-state index in [-0.39, 0.29) is 18.4 Å². The smallest absolute Gasteiger partial charge is 0.255 e. The summed E-state index contributed by atoms with van der Waals surface area (Å²) in [6.45, 7) is 2.05. The van der Waals surface area contributed by atoms with E-state index in [4.69, 9.17) is 10.2 Å². The Bertz CT molecular complexity index is 731. The molecule has 1 aromatic carbocycles. The van der Waals surface area contributed by atoms with Crippen LogP contribution >= 0.6 is 0 Å². The molecule has 0 unspecified atom stereocenters. The molecule has 1 heterocycles. The van der Waals surface area contributed by atoms with Crippen LogP contribution in [-0.2, 0) is 11.2 Å². The zero-order chi connectivity index (χ0) is 16.4. The van der Waals surface area contributed by atoms with Crippen LogP contribution in [0.15, 0.2) is 41.0 Å².